The van der Waals surface area contributed by atoms with Crippen LogP contribution >= 0.6 is 193 Å². The molecule has 2 saturated heterocycles. The number of benzene rings is 1. The molecule has 7 N–H and O–H groups in total. The van der Waals surface area contributed by atoms with Crippen LogP contribution in [-0.4, -0.2) is 195 Å². The molecule has 0 atom stereocenters. The molecule has 0 spiro atoms. The first-order chi connectivity index (χ1) is 53.3. The van der Waals surface area contributed by atoms with Gasteiger partial charge in [0.2, 0.25) is 18.2 Å². The first-order valence-corrected chi connectivity index (χ1v) is 40.1. The van der Waals surface area contributed by atoms with E-state index in [0.717, 1.165) is 21.7 Å². The number of aromatic amines is 1. The summed E-state index contributed by atoms with van der Waals surface area (Å²) in [6.45, 7) is 3.80. The number of likely N-dealkylation sites (tertiary alicyclic amines) is 2. The van der Waals surface area contributed by atoms with Gasteiger partial charge in [-0.25, -0.2) is 63.0 Å². The van der Waals surface area contributed by atoms with Gasteiger partial charge in [-0.05, 0) is 113 Å². The summed E-state index contributed by atoms with van der Waals surface area (Å²) in [6.07, 6.45) is 31.0. The molecule has 2 aliphatic heterocycles. The Kier molecular flexibility index (Phi) is 47.3. The number of halogens is 17. The number of nitrogens with zero attached hydrogens (tertiary/aromatic N) is 21. The Labute approximate surface area is 730 Å². The van der Waals surface area contributed by atoms with Gasteiger partial charge >= 0.3 is 37.1 Å². The Morgan fingerprint density at radius 3 is 1.61 bits per heavy atom. The van der Waals surface area contributed by atoms with Gasteiger partial charge in [0, 0.05) is 93.3 Å². The molecule has 0 saturated carbocycles. The number of aromatic nitrogens is 18. The SMILES string of the molecule is CC1(F)CN(C(=O)CCl)C1.CC1(F)CN(C(=O)Cn2ccn3cnc(Br)c3c2=O)C1.Cl.Clc1nccn2cnc(Br)c12.Clc1nccn2cncc12.N#Cc1nccnc1Cl.NCc1nccnc1Cl.O=CNCc1nccnc1Cl.O=CO.O=P(Cl)(Cl)Cl.O=c1[nH]ccn2cnc(Br)c12.OB(O)c1ccc(F)c(Cl)c1.[B]=NS. The second kappa shape index (κ2) is 52.4. The number of alkyl halides is 3. The number of nitrogens with two attached hydrogens (primary N) is 1. The van der Waals surface area contributed by atoms with Gasteiger partial charge in [-0.1, -0.05) is 75.7 Å². The van der Waals surface area contributed by atoms with E-state index in [1.165, 1.54) is 83.9 Å². The van der Waals surface area contributed by atoms with Crippen LogP contribution in [0.4, 0.5) is 13.2 Å². The van der Waals surface area contributed by atoms with Crippen molar-refractivity contribution in [2.24, 2.45) is 10.0 Å². The third kappa shape index (κ3) is 36.1. The number of hydrogen-bond donors (Lipinski definition) is 7. The van der Waals surface area contributed by atoms with Gasteiger partial charge in [0.05, 0.1) is 61.7 Å². The monoisotopic (exact) mass is 2020 g/mol. The number of carbonyl (C=O) groups excluding carboxylic acids is 3. The molecule has 14 rings (SSSR count). The number of carboxylic acid groups (broad SMARTS) is 1. The van der Waals surface area contributed by atoms with Gasteiger partial charge in [0.1, 0.15) is 90.5 Å². The minimum atomic E-state index is -3.22. The molecule has 1 radical (unpaired) electrons. The molecule has 12 aromatic rings. The van der Waals surface area contributed by atoms with E-state index in [0.29, 0.717) is 71.7 Å². The quantitative estimate of drug-likeness (QED) is 0.0244. The minimum absolute atomic E-state index is 0. The first-order valence-electron chi connectivity index (χ1n) is 30.1. The van der Waals surface area contributed by atoms with E-state index in [1.54, 1.807) is 94.0 Å². The molecule has 13 heterocycles. The molecule has 114 heavy (non-hydrogen) atoms. The molecule has 2 aliphatic rings. The maximum absolute atomic E-state index is 13.4. The molecule has 0 aliphatic carbocycles. The van der Waals surface area contributed by atoms with E-state index in [1.807, 2.05) is 4.40 Å². The Balaban J connectivity index is 0.000000432. The summed E-state index contributed by atoms with van der Waals surface area (Å²) in [5, 5.41) is 33.3. The van der Waals surface area contributed by atoms with Gasteiger partial charge in [0.25, 0.3) is 17.6 Å². The van der Waals surface area contributed by atoms with Gasteiger partial charge in [0.15, 0.2) is 31.5 Å². The van der Waals surface area contributed by atoms with E-state index in [9.17, 15) is 41.7 Å². The van der Waals surface area contributed by atoms with Crippen LogP contribution in [0.25, 0.3) is 22.1 Å². The van der Waals surface area contributed by atoms with Crippen LogP contribution in [0.15, 0.2) is 164 Å². The van der Waals surface area contributed by atoms with E-state index < -0.39 is 29.5 Å². The molecule has 0 bridgehead atoms. The molecule has 3 amide bonds. The number of carbonyl (C=O) groups is 4. The summed E-state index contributed by atoms with van der Waals surface area (Å²) in [6, 6.07) is 5.29. The second-order valence-corrected chi connectivity index (χ2v) is 32.8. The van der Waals surface area contributed by atoms with Gasteiger partial charge in [-0.3, -0.25) is 52.1 Å². The van der Waals surface area contributed by atoms with E-state index in [4.69, 9.17) is 112 Å². The predicted octanol–water partition coefficient (Wildman–Crippen LogP) is 11.2. The zero-order valence-electron chi connectivity index (χ0n) is 57.7. The Bertz CT molecular complexity index is 5290. The van der Waals surface area contributed by atoms with Crippen molar-refractivity contribution in [3.05, 3.63) is 225 Å². The average molecular weight is 2030 g/mol. The number of imidazole rings is 4. The van der Waals surface area contributed by atoms with E-state index >= 15 is 0 Å². The summed E-state index contributed by atoms with van der Waals surface area (Å²) in [5.74, 6) is -1.06. The average Bonchev–Trinajstić information content (AvgIpc) is 0.874. The fourth-order valence-corrected chi connectivity index (χ4v) is 10.9. The van der Waals surface area contributed by atoms with E-state index in [-0.39, 0.29) is 102 Å². The van der Waals surface area contributed by atoms with Gasteiger partial charge < -0.3 is 54.4 Å². The number of rotatable bonds is 8. The van der Waals surface area contributed by atoms with Crippen LogP contribution in [0.5, 0.6) is 0 Å². The summed E-state index contributed by atoms with van der Waals surface area (Å²) < 4.78 is 60.6. The van der Waals surface area contributed by atoms with Crippen molar-refractivity contribution in [2.45, 2.75) is 44.8 Å². The zero-order valence-corrected chi connectivity index (χ0v) is 72.6. The number of nitrogens with one attached hydrogen (secondary N) is 2. The van der Waals surface area contributed by atoms with E-state index in [2.05, 4.69) is 176 Å². The summed E-state index contributed by atoms with van der Waals surface area (Å²) in [7, 11) is 2.73. The number of hydrogen-bond acceptors (Lipinski definition) is 25. The Morgan fingerprint density at radius 2 is 1.17 bits per heavy atom. The number of amides is 3. The molecular formula is C59H55B2Br3Cl11F3N24O10PS. The van der Waals surface area contributed by atoms with Crippen LogP contribution in [0, 0.1) is 17.1 Å². The van der Waals surface area contributed by atoms with Crippen molar-refractivity contribution in [3.63, 3.8) is 0 Å². The topological polar surface area (TPSA) is 454 Å². The van der Waals surface area contributed by atoms with Crippen molar-refractivity contribution in [1.82, 2.24) is 102 Å². The van der Waals surface area contributed by atoms with Crippen LogP contribution in [0.2, 0.25) is 30.8 Å². The fraction of sp³-hybridized carbons (Fsp3) is 0.203. The molecule has 2 fully saturated rings. The third-order valence-electron chi connectivity index (χ3n) is 12.9. The molecule has 1 aromatic carbocycles. The third-order valence-corrected chi connectivity index (χ3v) is 16.6. The summed E-state index contributed by atoms with van der Waals surface area (Å²) in [4.78, 5) is 116. The van der Waals surface area contributed by atoms with Crippen molar-refractivity contribution in [3.8, 4) is 6.07 Å². The molecule has 55 heteroatoms. The fourth-order valence-electron chi connectivity index (χ4n) is 8.09. The van der Waals surface area contributed by atoms with Crippen LogP contribution in [0.3, 0.4) is 0 Å². The van der Waals surface area contributed by atoms with Crippen molar-refractivity contribution >= 4 is 260 Å². The zero-order chi connectivity index (χ0) is 84.8. The number of fused-ring (bicyclic) bond motifs is 4. The number of H-pyrrole nitrogens is 1. The molecular weight excluding hydrogens is 1980 g/mol. The molecule has 11 aromatic heterocycles. The molecule has 607 valence electrons. The summed E-state index contributed by atoms with van der Waals surface area (Å²) >= 11 is 65.4. The number of thiol groups is 1. The van der Waals surface area contributed by atoms with Crippen LogP contribution in [-0.2, 0) is 43.4 Å². The van der Waals surface area contributed by atoms with Crippen LogP contribution < -0.4 is 27.6 Å². The number of nitriles is 1. The van der Waals surface area contributed by atoms with Crippen molar-refractivity contribution in [2.75, 3.05) is 32.1 Å². The van der Waals surface area contributed by atoms with Gasteiger partial charge in [-0.15, -0.1) is 24.0 Å². The molecule has 0 unspecified atom stereocenters. The van der Waals surface area contributed by atoms with Crippen LogP contribution in [0.1, 0.15) is 30.9 Å². The van der Waals surface area contributed by atoms with Crippen molar-refractivity contribution < 1.29 is 52.1 Å². The molecule has 34 nitrogen and oxygen atoms in total. The standard InChI is InChI=1S/C12H12BrFN4O2.C6H5BClFO2.C6H3BrClN3.C6H4BrN3O.C6H9ClFNO.C6H6ClN3O.C6H4ClN3.C5H6ClN3.C5H2ClN3.CH2O2.BHNS.Cl3OP.ClH/c1-12(14)5-18(6-12)8(19)4-16-2-3-17-7-15-10(13)9(17)11(16)20;8-5-3-4(7(10)11)1-2-6(5)9;7-5-4-6(8)9-1-2-11(4)3-10-5;7-5-4-6(11)8-1-2-10(4)3-9-5;1-6(8)3-9(4-6)5(10)2-7;7-6-5(3-8-4-11)9-1-2-10-6;7-6-5-3-8-4-10(5)2-1-9-6;2*6-5-4(3-7)8-1-2-9-5;2-1-3;1-2-3;1-5(2,3)4;/h2-3,7H,4-6H2,1H3;1-3,10-11H;1-3H;1-3H,(H,8,11);2-4H2,1H3;1-2,4H,3H2,(H,8,11);1-4H;1-2H,3,7H2;1-2H;1H,(H,2,3);3H;;1H. The Hall–Kier alpha value is -7.28. The maximum atomic E-state index is 13.4. The second-order valence-electron chi connectivity index (χ2n) is 21.2. The summed E-state index contributed by atoms with van der Waals surface area (Å²) in [5.41, 5.74) is 6.42. The normalized spacial score (nSPS) is 11.9. The first kappa shape index (κ1) is 103. The van der Waals surface area contributed by atoms with Crippen molar-refractivity contribution in [1.29, 1.82) is 5.26 Å². The Morgan fingerprint density at radius 1 is 0.711 bits per heavy atom. The predicted molar refractivity (Wildman–Crippen MR) is 443 cm³/mol. The van der Waals surface area contributed by atoms with Gasteiger partial charge in [-0.2, -0.15) is 5.26 Å².